The number of carbonyl (C=O) groups is 1. The van der Waals surface area contributed by atoms with E-state index in [1.165, 1.54) is 0 Å². The van der Waals surface area contributed by atoms with Crippen LogP contribution in [0.15, 0.2) is 6.33 Å². The highest BCUT2D eigenvalue weighted by Crippen LogP contribution is 2.13. The molecule has 0 fully saturated rings. The maximum atomic E-state index is 11.8. The van der Waals surface area contributed by atoms with E-state index in [9.17, 15) is 4.79 Å². The van der Waals surface area contributed by atoms with Crippen molar-refractivity contribution in [2.75, 3.05) is 12.4 Å². The van der Waals surface area contributed by atoms with Crippen molar-refractivity contribution in [1.82, 2.24) is 19.7 Å². The number of fused-ring (bicyclic) bond motifs is 1. The van der Waals surface area contributed by atoms with E-state index in [2.05, 4.69) is 10.2 Å². The van der Waals surface area contributed by atoms with Crippen LogP contribution in [-0.2, 0) is 17.9 Å². The van der Waals surface area contributed by atoms with Gasteiger partial charge in [0, 0.05) is 24.9 Å². The third kappa shape index (κ3) is 1.97. The molecule has 15 heavy (non-hydrogen) atoms. The molecule has 5 nitrogen and oxygen atoms in total. The number of hydrogen-bond donors (Lipinski definition) is 0. The average Bonchev–Trinajstić information content (AvgIpc) is 2.73. The molecular formula is C9H13ClN4O. The fourth-order valence-corrected chi connectivity index (χ4v) is 1.76. The van der Waals surface area contributed by atoms with Crippen molar-refractivity contribution in [2.45, 2.75) is 20.0 Å². The van der Waals surface area contributed by atoms with Crippen molar-refractivity contribution < 1.29 is 4.79 Å². The SMILES string of the molecule is CC(CCl)C(=O)N1CCn2cnnc2C1. The molecule has 2 heterocycles. The van der Waals surface area contributed by atoms with Crippen molar-refractivity contribution in [3.63, 3.8) is 0 Å². The lowest BCUT2D eigenvalue weighted by atomic mass is 10.1. The number of nitrogens with zero attached hydrogens (tertiary/aromatic N) is 4. The van der Waals surface area contributed by atoms with Crippen LogP contribution in [0.2, 0.25) is 0 Å². The molecule has 0 aromatic carbocycles. The van der Waals surface area contributed by atoms with E-state index in [4.69, 9.17) is 11.6 Å². The number of aromatic nitrogens is 3. The predicted octanol–water partition coefficient (Wildman–Crippen LogP) is 0.495. The second-order valence-electron chi connectivity index (χ2n) is 3.76. The molecule has 1 aliphatic heterocycles. The minimum Gasteiger partial charge on any atom is -0.333 e. The number of amides is 1. The molecule has 0 N–H and O–H groups in total. The fraction of sp³-hybridized carbons (Fsp3) is 0.667. The summed E-state index contributed by atoms with van der Waals surface area (Å²) in [5.74, 6) is 1.18. The predicted molar refractivity (Wildman–Crippen MR) is 55.3 cm³/mol. The average molecular weight is 229 g/mol. The van der Waals surface area contributed by atoms with Crippen LogP contribution < -0.4 is 0 Å². The zero-order valence-electron chi connectivity index (χ0n) is 8.56. The molecule has 0 aliphatic carbocycles. The van der Waals surface area contributed by atoms with Gasteiger partial charge < -0.3 is 9.47 Å². The van der Waals surface area contributed by atoms with Crippen LogP contribution in [0.1, 0.15) is 12.7 Å². The minimum atomic E-state index is -0.124. The molecule has 1 atom stereocenters. The molecule has 1 aromatic heterocycles. The maximum Gasteiger partial charge on any atom is 0.227 e. The lowest BCUT2D eigenvalue weighted by molar-refractivity contribution is -0.135. The van der Waals surface area contributed by atoms with E-state index in [1.54, 1.807) is 11.2 Å². The smallest absolute Gasteiger partial charge is 0.227 e. The van der Waals surface area contributed by atoms with Gasteiger partial charge in [-0.2, -0.15) is 0 Å². The number of carbonyl (C=O) groups excluding carboxylic acids is 1. The van der Waals surface area contributed by atoms with Crippen molar-refractivity contribution >= 4 is 17.5 Å². The van der Waals surface area contributed by atoms with E-state index in [0.717, 1.165) is 12.4 Å². The molecule has 0 saturated carbocycles. The summed E-state index contributed by atoms with van der Waals surface area (Å²) >= 11 is 5.66. The van der Waals surface area contributed by atoms with E-state index in [0.29, 0.717) is 19.0 Å². The summed E-state index contributed by atoms with van der Waals surface area (Å²) in [4.78, 5) is 13.6. The molecule has 1 unspecified atom stereocenters. The highest BCUT2D eigenvalue weighted by atomic mass is 35.5. The molecule has 0 saturated heterocycles. The van der Waals surface area contributed by atoms with Gasteiger partial charge in [0.2, 0.25) is 5.91 Å². The third-order valence-electron chi connectivity index (χ3n) is 2.60. The van der Waals surface area contributed by atoms with Crippen LogP contribution in [0.3, 0.4) is 0 Å². The Morgan fingerprint density at radius 1 is 1.67 bits per heavy atom. The standard InChI is InChI=1S/C9H13ClN4O/c1-7(4-10)9(15)13-2-3-14-6-11-12-8(14)5-13/h6-7H,2-5H2,1H3. The van der Waals surface area contributed by atoms with Crippen molar-refractivity contribution in [3.8, 4) is 0 Å². The van der Waals surface area contributed by atoms with Crippen LogP contribution in [0, 0.1) is 5.92 Å². The molecule has 6 heteroatoms. The molecule has 1 aliphatic rings. The van der Waals surface area contributed by atoms with E-state index >= 15 is 0 Å². The lowest BCUT2D eigenvalue weighted by Gasteiger charge is -2.28. The summed E-state index contributed by atoms with van der Waals surface area (Å²) in [6.45, 7) is 3.86. The second kappa shape index (κ2) is 4.18. The topological polar surface area (TPSA) is 51.0 Å². The largest absolute Gasteiger partial charge is 0.333 e. The first-order valence-corrected chi connectivity index (χ1v) is 5.47. The summed E-state index contributed by atoms with van der Waals surface area (Å²) in [5.41, 5.74) is 0. The molecule has 1 aromatic rings. The van der Waals surface area contributed by atoms with E-state index < -0.39 is 0 Å². The molecule has 0 bridgehead atoms. The lowest BCUT2D eigenvalue weighted by Crippen LogP contribution is -2.41. The first-order chi connectivity index (χ1) is 7.22. The van der Waals surface area contributed by atoms with Gasteiger partial charge in [0.05, 0.1) is 6.54 Å². The first-order valence-electron chi connectivity index (χ1n) is 4.94. The van der Waals surface area contributed by atoms with Gasteiger partial charge in [0.1, 0.15) is 6.33 Å². The number of rotatable bonds is 2. The van der Waals surface area contributed by atoms with Gasteiger partial charge in [-0.1, -0.05) is 6.92 Å². The third-order valence-corrected chi connectivity index (χ3v) is 3.07. The summed E-state index contributed by atoms with van der Waals surface area (Å²) in [6.07, 6.45) is 1.70. The Labute approximate surface area is 93.0 Å². The summed E-state index contributed by atoms with van der Waals surface area (Å²) in [7, 11) is 0. The van der Waals surface area contributed by atoms with Gasteiger partial charge >= 0.3 is 0 Å². The Hall–Kier alpha value is -1.10. The number of alkyl halides is 1. The Bertz CT molecular complexity index is 365. The quantitative estimate of drug-likeness (QED) is 0.693. The van der Waals surface area contributed by atoms with Crippen LogP contribution in [0.25, 0.3) is 0 Å². The highest BCUT2D eigenvalue weighted by molar-refractivity contribution is 6.19. The highest BCUT2D eigenvalue weighted by Gasteiger charge is 2.24. The first kappa shape index (κ1) is 10.4. The summed E-state index contributed by atoms with van der Waals surface area (Å²) < 4.78 is 1.97. The van der Waals surface area contributed by atoms with Gasteiger partial charge in [0.15, 0.2) is 5.82 Å². The van der Waals surface area contributed by atoms with Gasteiger partial charge in [-0.05, 0) is 0 Å². The normalized spacial score (nSPS) is 17.3. The zero-order chi connectivity index (χ0) is 10.8. The molecule has 2 rings (SSSR count). The van der Waals surface area contributed by atoms with Crippen LogP contribution in [0.4, 0.5) is 0 Å². The number of halogens is 1. The monoisotopic (exact) mass is 228 g/mol. The number of hydrogen-bond acceptors (Lipinski definition) is 3. The van der Waals surface area contributed by atoms with Crippen LogP contribution >= 0.6 is 11.6 Å². The molecule has 82 valence electrons. The fourth-order valence-electron chi connectivity index (χ4n) is 1.63. The Morgan fingerprint density at radius 2 is 2.47 bits per heavy atom. The zero-order valence-corrected chi connectivity index (χ0v) is 9.31. The molecule has 0 radical (unpaired) electrons. The molecular weight excluding hydrogens is 216 g/mol. The maximum absolute atomic E-state index is 11.8. The van der Waals surface area contributed by atoms with Gasteiger partial charge in [-0.3, -0.25) is 4.79 Å². The second-order valence-corrected chi connectivity index (χ2v) is 4.06. The van der Waals surface area contributed by atoms with Crippen molar-refractivity contribution in [1.29, 1.82) is 0 Å². The van der Waals surface area contributed by atoms with Crippen LogP contribution in [0.5, 0.6) is 0 Å². The van der Waals surface area contributed by atoms with E-state index in [-0.39, 0.29) is 11.8 Å². The van der Waals surface area contributed by atoms with Crippen LogP contribution in [-0.4, -0.2) is 38.0 Å². The Kier molecular flexibility index (Phi) is 2.90. The molecule has 1 amide bonds. The summed E-state index contributed by atoms with van der Waals surface area (Å²) in [5, 5.41) is 7.77. The Balaban J connectivity index is 2.06. The Morgan fingerprint density at radius 3 is 3.20 bits per heavy atom. The van der Waals surface area contributed by atoms with Gasteiger partial charge in [-0.15, -0.1) is 21.8 Å². The van der Waals surface area contributed by atoms with Crippen molar-refractivity contribution in [3.05, 3.63) is 12.2 Å². The van der Waals surface area contributed by atoms with Gasteiger partial charge in [0.25, 0.3) is 0 Å². The molecule has 0 spiro atoms. The van der Waals surface area contributed by atoms with Gasteiger partial charge in [-0.25, -0.2) is 0 Å². The van der Waals surface area contributed by atoms with Crippen molar-refractivity contribution in [2.24, 2.45) is 5.92 Å². The van der Waals surface area contributed by atoms with E-state index in [1.807, 2.05) is 11.5 Å². The minimum absolute atomic E-state index is 0.0965. The summed E-state index contributed by atoms with van der Waals surface area (Å²) in [6, 6.07) is 0.